The Morgan fingerprint density at radius 1 is 1.14 bits per heavy atom. The second-order valence-electron chi connectivity index (χ2n) is 8.21. The largest absolute Gasteiger partial charge is 0.319 e. The smallest absolute Gasteiger partial charge is 0.295 e. The number of anilines is 1. The van der Waals surface area contributed by atoms with Gasteiger partial charge in [0.05, 0.1) is 33.0 Å². The van der Waals surface area contributed by atoms with Gasteiger partial charge in [-0.3, -0.25) is 19.3 Å². The Balaban J connectivity index is 1.26. The molecular formula is C27H22ClN5O2S2. The number of nitrogens with zero attached hydrogens (tertiary/aromatic N) is 4. The first kappa shape index (κ1) is 25.0. The lowest BCUT2D eigenvalue weighted by Crippen LogP contribution is -2.23. The van der Waals surface area contributed by atoms with Crippen LogP contribution in [-0.4, -0.2) is 32.2 Å². The number of rotatable bonds is 7. The van der Waals surface area contributed by atoms with Crippen molar-refractivity contribution in [1.82, 2.24) is 14.3 Å². The average molecular weight is 548 g/mol. The number of hydrogen-bond acceptors (Lipinski definition) is 6. The van der Waals surface area contributed by atoms with Crippen molar-refractivity contribution in [1.29, 1.82) is 0 Å². The quantitative estimate of drug-likeness (QED) is 0.193. The van der Waals surface area contributed by atoms with E-state index in [9.17, 15) is 9.59 Å². The van der Waals surface area contributed by atoms with E-state index in [4.69, 9.17) is 11.6 Å². The van der Waals surface area contributed by atoms with Crippen molar-refractivity contribution < 1.29 is 4.79 Å². The maximum atomic E-state index is 13.0. The SMILES string of the molecule is Cc1c(NC(=O)CSc2nc3ccc(N=Cc4ccc(Cl)cc4)cc3s2)c(=O)n(-c2ccccc2)n1C. The van der Waals surface area contributed by atoms with E-state index in [1.807, 2.05) is 79.7 Å². The molecule has 186 valence electrons. The molecule has 2 heterocycles. The van der Waals surface area contributed by atoms with E-state index in [0.717, 1.165) is 31.5 Å². The summed E-state index contributed by atoms with van der Waals surface area (Å²) in [5.41, 5.74) is 4.05. The number of carbonyl (C=O) groups is 1. The van der Waals surface area contributed by atoms with Gasteiger partial charge in [0.1, 0.15) is 5.69 Å². The summed E-state index contributed by atoms with van der Waals surface area (Å²) >= 11 is 8.78. The average Bonchev–Trinajstić information content (AvgIpc) is 3.41. The highest BCUT2D eigenvalue weighted by molar-refractivity contribution is 8.01. The molecule has 5 aromatic rings. The maximum absolute atomic E-state index is 13.0. The Bertz CT molecular complexity index is 1670. The summed E-state index contributed by atoms with van der Waals surface area (Å²) in [5, 5.41) is 3.48. The number of para-hydroxylation sites is 1. The molecule has 1 N–H and O–H groups in total. The van der Waals surface area contributed by atoms with Crippen molar-refractivity contribution in [2.75, 3.05) is 11.1 Å². The monoisotopic (exact) mass is 547 g/mol. The van der Waals surface area contributed by atoms with Gasteiger partial charge >= 0.3 is 0 Å². The fourth-order valence-corrected chi connectivity index (χ4v) is 5.77. The zero-order valence-corrected chi connectivity index (χ0v) is 22.4. The lowest BCUT2D eigenvalue weighted by atomic mass is 10.2. The van der Waals surface area contributed by atoms with Crippen LogP contribution in [0.5, 0.6) is 0 Å². The van der Waals surface area contributed by atoms with Gasteiger partial charge in [-0.15, -0.1) is 11.3 Å². The highest BCUT2D eigenvalue weighted by atomic mass is 35.5. The minimum absolute atomic E-state index is 0.139. The van der Waals surface area contributed by atoms with Crippen LogP contribution in [0.2, 0.25) is 5.02 Å². The fourth-order valence-electron chi connectivity index (χ4n) is 3.75. The van der Waals surface area contributed by atoms with Gasteiger partial charge in [-0.2, -0.15) is 0 Å². The van der Waals surface area contributed by atoms with E-state index in [-0.39, 0.29) is 22.9 Å². The topological polar surface area (TPSA) is 81.3 Å². The van der Waals surface area contributed by atoms with E-state index in [1.165, 1.54) is 23.1 Å². The highest BCUT2D eigenvalue weighted by Crippen LogP contribution is 2.32. The third kappa shape index (κ3) is 5.53. The van der Waals surface area contributed by atoms with Gasteiger partial charge in [-0.25, -0.2) is 9.67 Å². The number of hydrogen-bond donors (Lipinski definition) is 1. The number of fused-ring (bicyclic) bond motifs is 1. The molecule has 0 unspecified atom stereocenters. The van der Waals surface area contributed by atoms with Crippen LogP contribution in [0.15, 0.2) is 86.9 Å². The number of benzene rings is 3. The Morgan fingerprint density at radius 2 is 1.89 bits per heavy atom. The van der Waals surface area contributed by atoms with Crippen LogP contribution in [-0.2, 0) is 11.8 Å². The fraction of sp³-hybridized carbons (Fsp3) is 0.111. The zero-order chi connectivity index (χ0) is 25.9. The van der Waals surface area contributed by atoms with Gasteiger partial charge in [-0.1, -0.05) is 53.7 Å². The number of amides is 1. The Labute approximate surface area is 226 Å². The molecule has 0 radical (unpaired) electrons. The molecule has 0 saturated carbocycles. The van der Waals surface area contributed by atoms with Crippen molar-refractivity contribution in [3.8, 4) is 5.69 Å². The zero-order valence-electron chi connectivity index (χ0n) is 20.0. The van der Waals surface area contributed by atoms with Crippen LogP contribution in [0.1, 0.15) is 11.3 Å². The number of thioether (sulfide) groups is 1. The molecule has 37 heavy (non-hydrogen) atoms. The van der Waals surface area contributed by atoms with Crippen LogP contribution < -0.4 is 10.9 Å². The number of nitrogens with one attached hydrogen (secondary N) is 1. The molecule has 10 heteroatoms. The summed E-state index contributed by atoms with van der Waals surface area (Å²) in [5.74, 6) is -0.121. The molecule has 0 atom stereocenters. The van der Waals surface area contributed by atoms with Crippen LogP contribution in [0.25, 0.3) is 15.9 Å². The molecule has 0 aliphatic heterocycles. The lowest BCUT2D eigenvalue weighted by Gasteiger charge is -2.07. The predicted octanol–water partition coefficient (Wildman–Crippen LogP) is 6.23. The third-order valence-electron chi connectivity index (χ3n) is 5.73. The van der Waals surface area contributed by atoms with E-state index >= 15 is 0 Å². The normalized spacial score (nSPS) is 11.4. The van der Waals surface area contributed by atoms with Crippen LogP contribution in [0.4, 0.5) is 11.4 Å². The van der Waals surface area contributed by atoms with E-state index in [0.29, 0.717) is 10.7 Å². The first-order chi connectivity index (χ1) is 17.9. The van der Waals surface area contributed by atoms with Crippen molar-refractivity contribution in [2.24, 2.45) is 12.0 Å². The van der Waals surface area contributed by atoms with Gasteiger partial charge in [0.15, 0.2) is 4.34 Å². The maximum Gasteiger partial charge on any atom is 0.295 e. The van der Waals surface area contributed by atoms with Gasteiger partial charge < -0.3 is 5.32 Å². The van der Waals surface area contributed by atoms with Crippen molar-refractivity contribution in [3.05, 3.63) is 99.4 Å². The molecule has 3 aromatic carbocycles. The molecule has 0 fully saturated rings. The second kappa shape index (κ2) is 10.8. The Kier molecular flexibility index (Phi) is 7.27. The van der Waals surface area contributed by atoms with E-state index in [2.05, 4.69) is 15.3 Å². The number of carbonyl (C=O) groups excluding carboxylic acids is 1. The van der Waals surface area contributed by atoms with Crippen molar-refractivity contribution >= 4 is 68.4 Å². The predicted molar refractivity (Wildman–Crippen MR) is 153 cm³/mol. The summed E-state index contributed by atoms with van der Waals surface area (Å²) < 4.78 is 5.04. The molecular weight excluding hydrogens is 526 g/mol. The lowest BCUT2D eigenvalue weighted by molar-refractivity contribution is -0.113. The van der Waals surface area contributed by atoms with Gasteiger partial charge in [0.25, 0.3) is 5.56 Å². The number of thiazole rings is 1. The summed E-state index contributed by atoms with van der Waals surface area (Å²) in [6.45, 7) is 1.81. The van der Waals surface area contributed by atoms with Gasteiger partial charge in [-0.05, 0) is 55.0 Å². The minimum Gasteiger partial charge on any atom is -0.319 e. The highest BCUT2D eigenvalue weighted by Gasteiger charge is 2.18. The Hall–Kier alpha value is -3.66. The summed E-state index contributed by atoms with van der Waals surface area (Å²) in [7, 11) is 1.79. The number of halogens is 1. The first-order valence-corrected chi connectivity index (χ1v) is 13.5. The molecule has 1 amide bonds. The molecule has 0 bridgehead atoms. The van der Waals surface area contributed by atoms with Gasteiger partial charge in [0.2, 0.25) is 5.91 Å². The summed E-state index contributed by atoms with van der Waals surface area (Å²) in [6.07, 6.45) is 1.79. The molecule has 5 rings (SSSR count). The van der Waals surface area contributed by atoms with Crippen LogP contribution in [0, 0.1) is 6.92 Å². The number of aliphatic imine (C=N–C) groups is 1. The van der Waals surface area contributed by atoms with Crippen molar-refractivity contribution in [3.63, 3.8) is 0 Å². The summed E-state index contributed by atoms with van der Waals surface area (Å²) in [4.78, 5) is 34.9. The van der Waals surface area contributed by atoms with Crippen LogP contribution >= 0.6 is 34.7 Å². The van der Waals surface area contributed by atoms with Crippen LogP contribution in [0.3, 0.4) is 0 Å². The summed E-state index contributed by atoms with van der Waals surface area (Å²) in [6, 6.07) is 22.6. The minimum atomic E-state index is -0.267. The first-order valence-electron chi connectivity index (χ1n) is 11.4. The molecule has 0 saturated heterocycles. The molecule has 0 aliphatic rings. The van der Waals surface area contributed by atoms with Gasteiger partial charge in [0, 0.05) is 18.3 Å². The molecule has 2 aromatic heterocycles. The molecule has 0 aliphatic carbocycles. The standard InChI is InChI=1S/C27H22ClN5O2S2/c1-17-25(26(35)33(32(17)2)21-6-4-3-5-7-21)31-24(34)16-36-27-30-22-13-12-20(14-23(22)37-27)29-15-18-8-10-19(28)11-9-18/h3-15H,16H2,1-2H3,(H,31,34). The van der Waals surface area contributed by atoms with Crippen molar-refractivity contribution in [2.45, 2.75) is 11.3 Å². The second-order valence-corrected chi connectivity index (χ2v) is 10.9. The number of aromatic nitrogens is 3. The van der Waals surface area contributed by atoms with E-state index < -0.39 is 0 Å². The molecule has 0 spiro atoms. The van der Waals surface area contributed by atoms with E-state index in [1.54, 1.807) is 22.6 Å². The molecule has 7 nitrogen and oxygen atoms in total. The Morgan fingerprint density at radius 3 is 2.65 bits per heavy atom. The third-order valence-corrected chi connectivity index (χ3v) is 8.14.